The van der Waals surface area contributed by atoms with Crippen LogP contribution in [0, 0.1) is 0 Å². The van der Waals surface area contributed by atoms with Crippen molar-refractivity contribution in [2.75, 3.05) is 26.4 Å². The Hall–Kier alpha value is -0.910. The van der Waals surface area contributed by atoms with E-state index in [-0.39, 0.29) is 31.9 Å². The third-order valence-corrected chi connectivity index (χ3v) is 4.44. The molecule has 0 spiro atoms. The lowest BCUT2D eigenvalue weighted by molar-refractivity contribution is -0.145. The van der Waals surface area contributed by atoms with Crippen molar-refractivity contribution >= 4 is 5.97 Å². The van der Waals surface area contributed by atoms with E-state index in [2.05, 4.69) is 19.1 Å². The van der Waals surface area contributed by atoms with Gasteiger partial charge in [0.15, 0.2) is 0 Å². The molecule has 0 fully saturated rings. The minimum atomic E-state index is -0.181. The van der Waals surface area contributed by atoms with Crippen LogP contribution in [0.4, 0.5) is 0 Å². The number of esters is 1. The van der Waals surface area contributed by atoms with Crippen molar-refractivity contribution in [3.63, 3.8) is 0 Å². The van der Waals surface area contributed by atoms with Crippen LogP contribution in [0.5, 0.6) is 0 Å². The van der Waals surface area contributed by atoms with Crippen LogP contribution in [0.15, 0.2) is 12.2 Å². The number of rotatable bonds is 20. The minimum Gasteiger partial charge on any atom is -0.463 e. The van der Waals surface area contributed by atoms with Crippen LogP contribution in [-0.4, -0.2) is 48.7 Å². The topological polar surface area (TPSA) is 76.0 Å². The zero-order valence-corrected chi connectivity index (χ0v) is 17.4. The lowest BCUT2D eigenvalue weighted by Crippen LogP contribution is -2.11. The predicted molar refractivity (Wildman–Crippen MR) is 110 cm³/mol. The Morgan fingerprint density at radius 2 is 1.67 bits per heavy atom. The van der Waals surface area contributed by atoms with E-state index in [9.17, 15) is 9.90 Å². The molecule has 0 aliphatic carbocycles. The summed E-state index contributed by atoms with van der Waals surface area (Å²) in [6, 6.07) is 0. The third-order valence-electron chi connectivity index (χ3n) is 4.44. The molecule has 160 valence electrons. The highest BCUT2D eigenvalue weighted by Gasteiger charge is 2.02. The van der Waals surface area contributed by atoms with Crippen LogP contribution in [0.25, 0.3) is 0 Å². The summed E-state index contributed by atoms with van der Waals surface area (Å²) in [5.74, 6) is -0.168. The highest BCUT2D eigenvalue weighted by Crippen LogP contribution is 2.10. The number of hydrogen-bond donors (Lipinski definition) is 2. The fraction of sp³-hybridized carbons (Fsp3) is 0.864. The number of ether oxygens (including phenoxy) is 2. The van der Waals surface area contributed by atoms with Gasteiger partial charge in [0.1, 0.15) is 6.61 Å². The summed E-state index contributed by atoms with van der Waals surface area (Å²) in [5.41, 5.74) is 0. The molecule has 0 bridgehead atoms. The normalized spacial score (nSPS) is 12.6. The Balaban J connectivity index is 3.30. The van der Waals surface area contributed by atoms with Crippen LogP contribution in [0.1, 0.15) is 90.4 Å². The van der Waals surface area contributed by atoms with Gasteiger partial charge in [-0.05, 0) is 32.1 Å². The molecule has 0 aromatic carbocycles. The molecule has 0 amide bonds. The Morgan fingerprint density at radius 1 is 0.926 bits per heavy atom. The molecule has 0 heterocycles. The quantitative estimate of drug-likeness (QED) is 0.182. The van der Waals surface area contributed by atoms with Crippen molar-refractivity contribution in [3.05, 3.63) is 12.2 Å². The predicted octanol–water partition coefficient (Wildman–Crippen LogP) is 4.55. The van der Waals surface area contributed by atoms with E-state index in [4.69, 9.17) is 14.6 Å². The first kappa shape index (κ1) is 26.1. The molecule has 1 atom stereocenters. The molecule has 5 heteroatoms. The van der Waals surface area contributed by atoms with Gasteiger partial charge in [0.25, 0.3) is 0 Å². The van der Waals surface area contributed by atoms with Gasteiger partial charge in [-0.3, -0.25) is 4.79 Å². The Bertz CT molecular complexity index is 344. The number of unbranched alkanes of at least 4 members (excludes halogenated alkanes) is 8. The average Bonchev–Trinajstić information content (AvgIpc) is 2.66. The van der Waals surface area contributed by atoms with Crippen molar-refractivity contribution in [2.45, 2.75) is 96.5 Å². The monoisotopic (exact) mass is 386 g/mol. The molecule has 0 radical (unpaired) electrons. The summed E-state index contributed by atoms with van der Waals surface area (Å²) in [6.07, 6.45) is 17.6. The summed E-state index contributed by atoms with van der Waals surface area (Å²) >= 11 is 0. The standard InChI is InChI=1S/C22H42O5/c1-2-3-4-11-14-21(24)15-12-9-7-5-6-8-10-13-16-22(25)27-20-19-26-18-17-23/h9,12,21,23-24H,2-8,10-11,13-20H2,1H3/b12-9-/t21-/m1/s1. The maximum absolute atomic E-state index is 11.5. The largest absolute Gasteiger partial charge is 0.463 e. The maximum atomic E-state index is 11.5. The van der Waals surface area contributed by atoms with Crippen LogP contribution in [0.2, 0.25) is 0 Å². The van der Waals surface area contributed by atoms with Gasteiger partial charge in [-0.15, -0.1) is 0 Å². The molecule has 5 nitrogen and oxygen atoms in total. The number of aliphatic hydroxyl groups excluding tert-OH is 2. The average molecular weight is 387 g/mol. The van der Waals surface area contributed by atoms with Crippen molar-refractivity contribution < 1.29 is 24.5 Å². The molecule has 2 N–H and O–H groups in total. The van der Waals surface area contributed by atoms with Gasteiger partial charge < -0.3 is 19.7 Å². The molecule has 0 aliphatic heterocycles. The molecule has 0 aromatic rings. The molecule has 0 rings (SSSR count). The second-order valence-corrected chi connectivity index (χ2v) is 7.07. The van der Waals surface area contributed by atoms with E-state index in [1.54, 1.807) is 0 Å². The Kier molecular flexibility index (Phi) is 20.7. The van der Waals surface area contributed by atoms with Gasteiger partial charge in [0, 0.05) is 6.42 Å². The first-order valence-corrected chi connectivity index (χ1v) is 10.9. The smallest absolute Gasteiger partial charge is 0.305 e. The Morgan fingerprint density at radius 3 is 2.44 bits per heavy atom. The van der Waals surface area contributed by atoms with E-state index in [0.717, 1.165) is 51.4 Å². The molecule has 0 aliphatic rings. The van der Waals surface area contributed by atoms with Gasteiger partial charge >= 0.3 is 5.97 Å². The van der Waals surface area contributed by atoms with Crippen molar-refractivity contribution in [1.82, 2.24) is 0 Å². The second-order valence-electron chi connectivity index (χ2n) is 7.07. The van der Waals surface area contributed by atoms with Crippen LogP contribution in [-0.2, 0) is 14.3 Å². The molecule has 27 heavy (non-hydrogen) atoms. The van der Waals surface area contributed by atoms with Gasteiger partial charge in [-0.25, -0.2) is 0 Å². The lowest BCUT2D eigenvalue weighted by atomic mass is 10.1. The molecular weight excluding hydrogens is 344 g/mol. The first-order chi connectivity index (χ1) is 13.2. The van der Waals surface area contributed by atoms with E-state index in [0.29, 0.717) is 13.0 Å². The van der Waals surface area contributed by atoms with Gasteiger partial charge in [0.2, 0.25) is 0 Å². The van der Waals surface area contributed by atoms with Crippen molar-refractivity contribution in [2.24, 2.45) is 0 Å². The molecule has 0 saturated carbocycles. The number of carbonyl (C=O) groups is 1. The van der Waals surface area contributed by atoms with E-state index < -0.39 is 0 Å². The van der Waals surface area contributed by atoms with Crippen molar-refractivity contribution in [1.29, 1.82) is 0 Å². The maximum Gasteiger partial charge on any atom is 0.305 e. The zero-order valence-electron chi connectivity index (χ0n) is 17.4. The summed E-state index contributed by atoms with van der Waals surface area (Å²) in [5, 5.41) is 18.4. The first-order valence-electron chi connectivity index (χ1n) is 10.9. The third kappa shape index (κ3) is 21.2. The highest BCUT2D eigenvalue weighted by molar-refractivity contribution is 5.69. The zero-order chi connectivity index (χ0) is 20.0. The molecule has 0 unspecified atom stereocenters. The van der Waals surface area contributed by atoms with Crippen LogP contribution < -0.4 is 0 Å². The summed E-state index contributed by atoms with van der Waals surface area (Å²) in [6.45, 7) is 3.08. The SMILES string of the molecule is CCCCCC[C@@H](O)C/C=C\CCCCCCCC(=O)OCCOCCO. The van der Waals surface area contributed by atoms with E-state index in [1.165, 1.54) is 25.7 Å². The van der Waals surface area contributed by atoms with Crippen LogP contribution in [0.3, 0.4) is 0 Å². The fourth-order valence-electron chi connectivity index (χ4n) is 2.81. The number of hydrogen-bond acceptors (Lipinski definition) is 5. The van der Waals surface area contributed by atoms with Crippen LogP contribution >= 0.6 is 0 Å². The van der Waals surface area contributed by atoms with Gasteiger partial charge in [-0.2, -0.15) is 0 Å². The minimum absolute atomic E-state index is 0.00911. The molecule has 0 aromatic heterocycles. The Labute approximate surface area is 166 Å². The molecular formula is C22H42O5. The van der Waals surface area contributed by atoms with Gasteiger partial charge in [-0.1, -0.05) is 64.0 Å². The summed E-state index contributed by atoms with van der Waals surface area (Å²) in [7, 11) is 0. The van der Waals surface area contributed by atoms with Crippen molar-refractivity contribution in [3.8, 4) is 0 Å². The number of carbonyl (C=O) groups excluding carboxylic acids is 1. The summed E-state index contributed by atoms with van der Waals surface area (Å²) < 4.78 is 10.1. The number of aliphatic hydroxyl groups is 2. The molecule has 0 saturated heterocycles. The highest BCUT2D eigenvalue weighted by atomic mass is 16.6. The van der Waals surface area contributed by atoms with Gasteiger partial charge in [0.05, 0.1) is 25.9 Å². The lowest BCUT2D eigenvalue weighted by Gasteiger charge is -2.07. The number of allylic oxidation sites excluding steroid dienone is 1. The fourth-order valence-corrected chi connectivity index (χ4v) is 2.81. The van der Waals surface area contributed by atoms with E-state index in [1.807, 2.05) is 0 Å². The summed E-state index contributed by atoms with van der Waals surface area (Å²) in [4.78, 5) is 11.5. The second kappa shape index (κ2) is 21.4. The van der Waals surface area contributed by atoms with E-state index >= 15 is 0 Å².